The average Bonchev–Trinajstić information content (AvgIpc) is 2.56. The number of benzene rings is 2. The van der Waals surface area contributed by atoms with E-state index >= 15 is 0 Å². The van der Waals surface area contributed by atoms with Gasteiger partial charge >= 0.3 is 5.97 Å². The van der Waals surface area contributed by atoms with E-state index in [0.717, 1.165) is 0 Å². The molecule has 0 saturated carbocycles. The predicted octanol–water partition coefficient (Wildman–Crippen LogP) is 1.62. The maximum atomic E-state index is 12.8. The lowest BCUT2D eigenvalue weighted by Crippen LogP contribution is -2.55. The normalized spacial score (nSPS) is 14.9. The SMILES string of the molecule is Cl.[2H]N[C@@H](C(=O)C(N)(C(=O)O)c1ccccc1)c1ccccc1. The van der Waals surface area contributed by atoms with E-state index in [0.29, 0.717) is 5.56 Å². The molecule has 0 amide bonds. The number of carbonyl (C=O) groups is 2. The third kappa shape index (κ3) is 3.17. The van der Waals surface area contributed by atoms with E-state index < -0.39 is 23.3 Å². The average molecular weight is 322 g/mol. The Hall–Kier alpha value is -2.21. The van der Waals surface area contributed by atoms with Crippen molar-refractivity contribution < 1.29 is 16.1 Å². The molecule has 0 bridgehead atoms. The maximum absolute atomic E-state index is 12.8. The number of carboxylic acid groups (broad SMARTS) is 1. The van der Waals surface area contributed by atoms with Gasteiger partial charge in [0.25, 0.3) is 0 Å². The Balaban J connectivity index is 0.00000264. The summed E-state index contributed by atoms with van der Waals surface area (Å²) in [6, 6.07) is 15.2. The van der Waals surface area contributed by atoms with Crippen molar-refractivity contribution in [2.24, 2.45) is 11.5 Å². The van der Waals surface area contributed by atoms with Crippen molar-refractivity contribution in [2.75, 3.05) is 0 Å². The van der Waals surface area contributed by atoms with E-state index in [-0.39, 0.29) is 18.0 Å². The minimum Gasteiger partial charge on any atom is -0.479 e. The molecule has 6 heteroatoms. The highest BCUT2D eigenvalue weighted by Gasteiger charge is 2.46. The highest BCUT2D eigenvalue weighted by atomic mass is 35.5. The van der Waals surface area contributed by atoms with Gasteiger partial charge in [-0.05, 0) is 11.1 Å². The number of carboxylic acids is 1. The van der Waals surface area contributed by atoms with E-state index in [9.17, 15) is 14.7 Å². The van der Waals surface area contributed by atoms with Gasteiger partial charge in [-0.1, -0.05) is 60.7 Å². The summed E-state index contributed by atoms with van der Waals surface area (Å²) in [6.07, 6.45) is 0. The molecule has 0 aliphatic carbocycles. The van der Waals surface area contributed by atoms with Crippen LogP contribution in [-0.4, -0.2) is 16.9 Å². The fourth-order valence-electron chi connectivity index (χ4n) is 2.10. The molecule has 2 atom stereocenters. The van der Waals surface area contributed by atoms with Crippen LogP contribution in [0, 0.1) is 0 Å². The topological polar surface area (TPSA) is 106 Å². The zero-order valence-electron chi connectivity index (χ0n) is 12.6. The van der Waals surface area contributed by atoms with Crippen molar-refractivity contribution in [3.63, 3.8) is 0 Å². The van der Waals surface area contributed by atoms with Crippen LogP contribution in [0.2, 0.25) is 1.41 Å². The number of rotatable bonds is 6. The van der Waals surface area contributed by atoms with Gasteiger partial charge in [-0.2, -0.15) is 0 Å². The number of hydrogen-bond donors (Lipinski definition) is 3. The zero-order chi connectivity index (χ0) is 16.2. The van der Waals surface area contributed by atoms with Crippen LogP contribution in [0.5, 0.6) is 0 Å². The third-order valence-corrected chi connectivity index (χ3v) is 3.35. The molecule has 0 radical (unpaired) electrons. The summed E-state index contributed by atoms with van der Waals surface area (Å²) < 4.78 is 7.39. The van der Waals surface area contributed by atoms with Crippen LogP contribution in [0.1, 0.15) is 17.2 Å². The van der Waals surface area contributed by atoms with Crippen molar-refractivity contribution in [1.82, 2.24) is 0 Å². The Bertz CT molecular complexity index is 670. The van der Waals surface area contributed by atoms with Crippen LogP contribution in [0.3, 0.4) is 0 Å². The molecule has 0 aromatic heterocycles. The van der Waals surface area contributed by atoms with Gasteiger partial charge in [0.1, 0.15) is 1.41 Å². The fraction of sp³-hybridized carbons (Fsp3) is 0.125. The first-order valence-electron chi connectivity index (χ1n) is 6.86. The monoisotopic (exact) mass is 321 g/mol. The molecular weight excluding hydrogens is 304 g/mol. The molecular formula is C16H17ClN2O3. The number of ketones is 1. The van der Waals surface area contributed by atoms with E-state index in [2.05, 4.69) is 5.73 Å². The standard InChI is InChI=1S/C16H16N2O3.ClH/c17-13(11-7-3-1-4-8-11)14(19)16(18,15(20)21)12-9-5-2-6-10-12;/h1-10,13H,17-18H2,(H,20,21);1H/t13-,16?;/m1./s1/i/hD. The number of Topliss-reactive ketones (excluding diaryl/α,β-unsaturated/α-hetero) is 1. The summed E-state index contributed by atoms with van der Waals surface area (Å²) in [6.45, 7) is 0. The van der Waals surface area contributed by atoms with Crippen molar-refractivity contribution in [2.45, 2.75) is 11.6 Å². The lowest BCUT2D eigenvalue weighted by Gasteiger charge is -2.26. The maximum Gasteiger partial charge on any atom is 0.336 e. The van der Waals surface area contributed by atoms with Gasteiger partial charge in [0.15, 0.2) is 5.78 Å². The van der Waals surface area contributed by atoms with Crippen LogP contribution in [-0.2, 0) is 15.1 Å². The van der Waals surface area contributed by atoms with E-state index in [1.54, 1.807) is 48.5 Å². The first-order valence-corrected chi connectivity index (χ1v) is 6.36. The molecule has 0 heterocycles. The quantitative estimate of drug-likeness (QED) is 0.701. The molecule has 5 N–H and O–H groups in total. The Morgan fingerprint density at radius 1 is 1.05 bits per heavy atom. The Morgan fingerprint density at radius 2 is 1.55 bits per heavy atom. The largest absolute Gasteiger partial charge is 0.479 e. The van der Waals surface area contributed by atoms with Crippen molar-refractivity contribution in [3.05, 3.63) is 71.8 Å². The number of halogens is 1. The van der Waals surface area contributed by atoms with Crippen LogP contribution in [0.15, 0.2) is 60.7 Å². The second-order valence-corrected chi connectivity index (χ2v) is 4.69. The van der Waals surface area contributed by atoms with Crippen molar-refractivity contribution >= 4 is 24.2 Å². The molecule has 0 fully saturated rings. The molecule has 2 rings (SSSR count). The van der Waals surface area contributed by atoms with Crippen LogP contribution in [0.25, 0.3) is 0 Å². The Morgan fingerprint density at radius 3 is 2.00 bits per heavy atom. The number of carbonyl (C=O) groups excluding carboxylic acids is 1. The summed E-state index contributed by atoms with van der Waals surface area (Å²) >= 11 is 0. The molecule has 5 nitrogen and oxygen atoms in total. The summed E-state index contributed by atoms with van der Waals surface area (Å²) in [5, 5.41) is 9.51. The number of nitrogens with two attached hydrogens (primary N) is 2. The fourth-order valence-corrected chi connectivity index (χ4v) is 2.10. The minimum absolute atomic E-state index is 0. The van der Waals surface area contributed by atoms with Gasteiger partial charge in [-0.15, -0.1) is 12.4 Å². The molecule has 2 aromatic rings. The van der Waals surface area contributed by atoms with Gasteiger partial charge in [0, 0.05) is 0 Å². The summed E-state index contributed by atoms with van der Waals surface area (Å²) in [5.74, 6) is -2.26. The van der Waals surface area contributed by atoms with Gasteiger partial charge in [0.05, 0.1) is 6.04 Å². The Labute approximate surface area is 135 Å². The molecule has 116 valence electrons. The Kier molecular flexibility index (Phi) is 5.27. The third-order valence-electron chi connectivity index (χ3n) is 3.35. The van der Waals surface area contributed by atoms with E-state index in [1.807, 2.05) is 0 Å². The lowest BCUT2D eigenvalue weighted by atomic mass is 9.82. The van der Waals surface area contributed by atoms with Crippen molar-refractivity contribution in [3.8, 4) is 0 Å². The molecule has 2 aromatic carbocycles. The van der Waals surface area contributed by atoms with Crippen molar-refractivity contribution in [1.29, 1.82) is 0 Å². The van der Waals surface area contributed by atoms with Gasteiger partial charge in [0.2, 0.25) is 5.54 Å². The summed E-state index contributed by atoms with van der Waals surface area (Å²) in [7, 11) is 0. The smallest absolute Gasteiger partial charge is 0.336 e. The second kappa shape index (κ2) is 7.17. The van der Waals surface area contributed by atoms with Gasteiger partial charge < -0.3 is 16.6 Å². The molecule has 22 heavy (non-hydrogen) atoms. The summed E-state index contributed by atoms with van der Waals surface area (Å²) in [5.41, 5.74) is 6.48. The summed E-state index contributed by atoms with van der Waals surface area (Å²) in [4.78, 5) is 24.4. The highest BCUT2D eigenvalue weighted by molar-refractivity contribution is 6.10. The molecule has 0 spiro atoms. The van der Waals surface area contributed by atoms with Crippen LogP contribution >= 0.6 is 12.4 Å². The first kappa shape index (κ1) is 16.2. The molecule has 0 saturated heterocycles. The minimum atomic E-state index is -2.23. The van der Waals surface area contributed by atoms with Crippen LogP contribution < -0.4 is 11.5 Å². The molecule has 1 unspecified atom stereocenters. The number of aliphatic carboxylic acids is 1. The van der Waals surface area contributed by atoms with E-state index in [4.69, 9.17) is 7.15 Å². The zero-order valence-corrected chi connectivity index (χ0v) is 12.4. The van der Waals surface area contributed by atoms with E-state index in [1.165, 1.54) is 12.1 Å². The second-order valence-electron chi connectivity index (χ2n) is 4.69. The van der Waals surface area contributed by atoms with Gasteiger partial charge in [-0.25, -0.2) is 4.79 Å². The first-order chi connectivity index (χ1) is 10.5. The molecule has 0 aliphatic rings. The lowest BCUT2D eigenvalue weighted by molar-refractivity contribution is -0.149. The van der Waals surface area contributed by atoms with Gasteiger partial charge in [-0.3, -0.25) is 4.79 Å². The molecule has 0 aliphatic heterocycles. The number of hydrogen-bond acceptors (Lipinski definition) is 4. The highest BCUT2D eigenvalue weighted by Crippen LogP contribution is 2.26. The van der Waals surface area contributed by atoms with Crippen LogP contribution in [0.4, 0.5) is 0 Å². The predicted molar refractivity (Wildman–Crippen MR) is 85.6 cm³/mol.